The summed E-state index contributed by atoms with van der Waals surface area (Å²) >= 11 is 11.9. The van der Waals surface area contributed by atoms with Crippen LogP contribution in [-0.2, 0) is 9.53 Å². The molecule has 0 spiro atoms. The summed E-state index contributed by atoms with van der Waals surface area (Å²) in [6, 6.07) is 4.73. The standard InChI is InChI=1S/C19H25Cl2N3O4/c1-19(2,3)28-18(27)22-5-4-16(25)23-6-8-24(9-7-23)17(26)13-10-14(20)12-15(21)11-13/h10-12H,4-9H2,1-3H3,(H,22,27). The molecule has 1 aliphatic heterocycles. The largest absolute Gasteiger partial charge is 0.444 e. The van der Waals surface area contributed by atoms with Crippen molar-refractivity contribution in [2.75, 3.05) is 32.7 Å². The van der Waals surface area contributed by atoms with Crippen molar-refractivity contribution in [2.45, 2.75) is 32.8 Å². The van der Waals surface area contributed by atoms with Crippen molar-refractivity contribution in [1.82, 2.24) is 15.1 Å². The third-order valence-corrected chi connectivity index (χ3v) is 4.47. The van der Waals surface area contributed by atoms with Gasteiger partial charge < -0.3 is 19.9 Å². The number of ether oxygens (including phenoxy) is 1. The Bertz CT molecular complexity index is 721. The van der Waals surface area contributed by atoms with E-state index in [9.17, 15) is 14.4 Å². The van der Waals surface area contributed by atoms with Crippen molar-refractivity contribution in [3.8, 4) is 0 Å². The third-order valence-electron chi connectivity index (χ3n) is 4.04. The minimum Gasteiger partial charge on any atom is -0.444 e. The number of hydrogen-bond acceptors (Lipinski definition) is 4. The lowest BCUT2D eigenvalue weighted by molar-refractivity contribution is -0.132. The summed E-state index contributed by atoms with van der Waals surface area (Å²) < 4.78 is 5.13. The fourth-order valence-corrected chi connectivity index (χ4v) is 3.29. The molecule has 1 aromatic carbocycles. The maximum atomic E-state index is 12.6. The molecule has 0 aromatic heterocycles. The molecule has 9 heteroatoms. The van der Waals surface area contributed by atoms with Crippen LogP contribution in [0.1, 0.15) is 37.6 Å². The minimum absolute atomic E-state index is 0.0750. The van der Waals surface area contributed by atoms with Gasteiger partial charge in [0.2, 0.25) is 5.91 Å². The number of halogens is 2. The van der Waals surface area contributed by atoms with Gasteiger partial charge in [-0.3, -0.25) is 9.59 Å². The van der Waals surface area contributed by atoms with Gasteiger partial charge in [-0.2, -0.15) is 0 Å². The monoisotopic (exact) mass is 429 g/mol. The summed E-state index contributed by atoms with van der Waals surface area (Å²) in [5.41, 5.74) is -0.150. The smallest absolute Gasteiger partial charge is 0.407 e. The molecule has 1 N–H and O–H groups in total. The van der Waals surface area contributed by atoms with E-state index in [4.69, 9.17) is 27.9 Å². The number of hydrogen-bond donors (Lipinski definition) is 1. The highest BCUT2D eigenvalue weighted by atomic mass is 35.5. The van der Waals surface area contributed by atoms with Gasteiger partial charge in [-0.05, 0) is 39.0 Å². The van der Waals surface area contributed by atoms with E-state index >= 15 is 0 Å². The molecule has 1 aliphatic rings. The molecule has 28 heavy (non-hydrogen) atoms. The molecule has 0 atom stereocenters. The predicted octanol–water partition coefficient (Wildman–Crippen LogP) is 3.19. The van der Waals surface area contributed by atoms with E-state index in [1.165, 1.54) is 0 Å². The van der Waals surface area contributed by atoms with Crippen LogP contribution in [0.4, 0.5) is 4.79 Å². The van der Waals surface area contributed by atoms with Gasteiger partial charge in [0, 0.05) is 54.8 Å². The van der Waals surface area contributed by atoms with Crippen molar-refractivity contribution >= 4 is 41.1 Å². The van der Waals surface area contributed by atoms with E-state index < -0.39 is 11.7 Å². The molecule has 0 radical (unpaired) electrons. The van der Waals surface area contributed by atoms with Gasteiger partial charge in [-0.25, -0.2) is 4.79 Å². The Labute approximate surface area is 174 Å². The van der Waals surface area contributed by atoms with Gasteiger partial charge in [0.15, 0.2) is 0 Å². The van der Waals surface area contributed by atoms with Gasteiger partial charge in [-0.1, -0.05) is 23.2 Å². The van der Waals surface area contributed by atoms with Gasteiger partial charge in [-0.15, -0.1) is 0 Å². The molecular formula is C19H25Cl2N3O4. The average molecular weight is 430 g/mol. The molecule has 0 aliphatic carbocycles. The van der Waals surface area contributed by atoms with E-state index in [0.717, 1.165) is 0 Å². The lowest BCUT2D eigenvalue weighted by atomic mass is 10.1. The predicted molar refractivity (Wildman–Crippen MR) is 108 cm³/mol. The highest BCUT2D eigenvalue weighted by Gasteiger charge is 2.25. The molecule has 154 valence electrons. The Morgan fingerprint density at radius 3 is 2.07 bits per heavy atom. The van der Waals surface area contributed by atoms with Crippen LogP contribution in [0.3, 0.4) is 0 Å². The van der Waals surface area contributed by atoms with Gasteiger partial charge >= 0.3 is 6.09 Å². The quantitative estimate of drug-likeness (QED) is 0.796. The molecular weight excluding hydrogens is 405 g/mol. The Balaban J connectivity index is 1.77. The molecule has 1 saturated heterocycles. The Kier molecular flexibility index (Phi) is 7.55. The van der Waals surface area contributed by atoms with E-state index in [2.05, 4.69) is 5.32 Å². The van der Waals surface area contributed by atoms with Crippen LogP contribution in [-0.4, -0.2) is 66.0 Å². The first-order chi connectivity index (χ1) is 13.0. The molecule has 0 bridgehead atoms. The van der Waals surface area contributed by atoms with Crippen molar-refractivity contribution in [1.29, 1.82) is 0 Å². The number of benzene rings is 1. The first-order valence-corrected chi connectivity index (χ1v) is 9.81. The highest BCUT2D eigenvalue weighted by molar-refractivity contribution is 6.35. The minimum atomic E-state index is -0.579. The summed E-state index contributed by atoms with van der Waals surface area (Å²) in [5.74, 6) is -0.239. The van der Waals surface area contributed by atoms with Gasteiger partial charge in [0.1, 0.15) is 5.60 Å². The zero-order valence-corrected chi connectivity index (χ0v) is 17.8. The summed E-state index contributed by atoms with van der Waals surface area (Å²) in [5, 5.41) is 3.38. The normalized spacial score (nSPS) is 14.6. The number of piperazine rings is 1. The van der Waals surface area contributed by atoms with E-state index in [-0.39, 0.29) is 24.8 Å². The van der Waals surface area contributed by atoms with Gasteiger partial charge in [0.25, 0.3) is 5.91 Å². The maximum absolute atomic E-state index is 12.6. The van der Waals surface area contributed by atoms with Crippen LogP contribution in [0.2, 0.25) is 10.0 Å². The number of nitrogens with zero attached hydrogens (tertiary/aromatic N) is 2. The zero-order chi connectivity index (χ0) is 20.9. The van der Waals surface area contributed by atoms with Crippen LogP contribution >= 0.6 is 23.2 Å². The van der Waals surface area contributed by atoms with Crippen molar-refractivity contribution in [3.05, 3.63) is 33.8 Å². The molecule has 7 nitrogen and oxygen atoms in total. The number of alkyl carbamates (subject to hydrolysis) is 1. The SMILES string of the molecule is CC(C)(C)OC(=O)NCCC(=O)N1CCN(C(=O)c2cc(Cl)cc(Cl)c2)CC1. The van der Waals surface area contributed by atoms with Crippen LogP contribution in [0.25, 0.3) is 0 Å². The molecule has 1 heterocycles. The van der Waals surface area contributed by atoms with Crippen LogP contribution in [0.5, 0.6) is 0 Å². The molecule has 2 rings (SSSR count). The summed E-state index contributed by atoms with van der Waals surface area (Å²) in [6.07, 6.45) is -0.368. The number of nitrogens with one attached hydrogen (secondary N) is 1. The second kappa shape index (κ2) is 9.47. The number of carbonyl (C=O) groups excluding carboxylic acids is 3. The number of rotatable bonds is 4. The summed E-state index contributed by atoms with van der Waals surface area (Å²) in [7, 11) is 0. The Morgan fingerprint density at radius 1 is 1.00 bits per heavy atom. The topological polar surface area (TPSA) is 79.0 Å². The summed E-state index contributed by atoms with van der Waals surface area (Å²) in [4.78, 5) is 39.8. The number of carbonyl (C=O) groups is 3. The molecule has 1 fully saturated rings. The first-order valence-electron chi connectivity index (χ1n) is 9.05. The van der Waals surface area contributed by atoms with Crippen LogP contribution in [0, 0.1) is 0 Å². The van der Waals surface area contributed by atoms with Crippen molar-refractivity contribution < 1.29 is 19.1 Å². The maximum Gasteiger partial charge on any atom is 0.407 e. The Hall–Kier alpha value is -1.99. The highest BCUT2D eigenvalue weighted by Crippen LogP contribution is 2.20. The fourth-order valence-electron chi connectivity index (χ4n) is 2.76. The second-order valence-electron chi connectivity index (χ2n) is 7.51. The van der Waals surface area contributed by atoms with E-state index in [0.29, 0.717) is 41.8 Å². The Morgan fingerprint density at radius 2 is 1.54 bits per heavy atom. The summed E-state index contributed by atoms with van der Waals surface area (Å²) in [6.45, 7) is 7.24. The average Bonchev–Trinajstić information content (AvgIpc) is 2.58. The molecule has 0 saturated carbocycles. The molecule has 0 unspecified atom stereocenters. The van der Waals surface area contributed by atoms with Crippen molar-refractivity contribution in [3.63, 3.8) is 0 Å². The molecule has 3 amide bonds. The number of amides is 3. The van der Waals surface area contributed by atoms with Crippen LogP contribution < -0.4 is 5.32 Å². The van der Waals surface area contributed by atoms with Gasteiger partial charge in [0.05, 0.1) is 0 Å². The van der Waals surface area contributed by atoms with E-state index in [1.807, 2.05) is 0 Å². The molecule has 1 aromatic rings. The zero-order valence-electron chi connectivity index (χ0n) is 16.3. The third kappa shape index (κ3) is 6.87. The van der Waals surface area contributed by atoms with Crippen molar-refractivity contribution in [2.24, 2.45) is 0 Å². The van der Waals surface area contributed by atoms with E-state index in [1.54, 1.807) is 48.8 Å². The lowest BCUT2D eigenvalue weighted by Gasteiger charge is -2.35. The first kappa shape index (κ1) is 22.3. The lowest BCUT2D eigenvalue weighted by Crippen LogP contribution is -2.51. The van der Waals surface area contributed by atoms with Crippen LogP contribution in [0.15, 0.2) is 18.2 Å². The fraction of sp³-hybridized carbons (Fsp3) is 0.526. The second-order valence-corrected chi connectivity index (χ2v) is 8.38.